The second-order valence-corrected chi connectivity index (χ2v) is 4.33. The van der Waals surface area contributed by atoms with Crippen molar-refractivity contribution >= 4 is 28.0 Å². The van der Waals surface area contributed by atoms with Crippen LogP contribution < -0.4 is 4.74 Å². The highest BCUT2D eigenvalue weighted by atomic mass is 79.9. The number of rotatable bonds is 2. The maximum atomic E-state index is 10.7. The molecule has 2 rings (SSSR count). The third-order valence-corrected chi connectivity index (χ3v) is 2.83. The minimum Gasteiger partial charge on any atom is -0.481 e. The van der Waals surface area contributed by atoms with Gasteiger partial charge < -0.3 is 9.47 Å². The van der Waals surface area contributed by atoms with Crippen molar-refractivity contribution in [3.63, 3.8) is 0 Å². The van der Waals surface area contributed by atoms with E-state index < -0.39 is 0 Å². The van der Waals surface area contributed by atoms with Gasteiger partial charge in [-0.1, -0.05) is 18.2 Å². The summed E-state index contributed by atoms with van der Waals surface area (Å²) in [7, 11) is 0. The summed E-state index contributed by atoms with van der Waals surface area (Å²) in [4.78, 5) is 10.7. The average molecular weight is 283 g/mol. The molecule has 0 N–H and O–H groups in total. The Kier molecular flexibility index (Phi) is 3.29. The molecule has 4 heteroatoms. The van der Waals surface area contributed by atoms with Crippen LogP contribution in [0.4, 0.5) is 0 Å². The Morgan fingerprint density at radius 1 is 1.56 bits per heavy atom. The highest BCUT2D eigenvalue weighted by Gasteiger charge is 2.17. The number of carbonyl (C=O) groups is 1. The van der Waals surface area contributed by atoms with Gasteiger partial charge in [0.25, 0.3) is 0 Å². The molecule has 0 saturated carbocycles. The van der Waals surface area contributed by atoms with Gasteiger partial charge in [0.1, 0.15) is 12.4 Å². The van der Waals surface area contributed by atoms with Crippen molar-refractivity contribution in [3.05, 3.63) is 34.3 Å². The number of hydrogen-bond donors (Lipinski definition) is 0. The molecule has 16 heavy (non-hydrogen) atoms. The molecule has 0 aromatic heterocycles. The Balaban J connectivity index is 2.11. The van der Waals surface area contributed by atoms with Crippen LogP contribution in [0.15, 0.2) is 28.7 Å². The van der Waals surface area contributed by atoms with E-state index >= 15 is 0 Å². The first kappa shape index (κ1) is 11.2. The molecule has 0 radical (unpaired) electrons. The molecule has 1 aromatic carbocycles. The number of hydrogen-bond acceptors (Lipinski definition) is 3. The number of benzene rings is 1. The fraction of sp³-hybridized carbons (Fsp3) is 0.250. The van der Waals surface area contributed by atoms with Gasteiger partial charge in [0.2, 0.25) is 0 Å². The van der Waals surface area contributed by atoms with E-state index in [1.165, 1.54) is 6.92 Å². The quantitative estimate of drug-likeness (QED) is 0.783. The summed E-state index contributed by atoms with van der Waals surface area (Å²) in [5, 5.41) is 0. The highest BCUT2D eigenvalue weighted by Crippen LogP contribution is 2.33. The molecule has 3 nitrogen and oxygen atoms in total. The molecule has 0 fully saturated rings. The highest BCUT2D eigenvalue weighted by molar-refractivity contribution is 9.10. The van der Waals surface area contributed by atoms with E-state index in [1.807, 2.05) is 30.4 Å². The Bertz CT molecular complexity index is 440. The zero-order chi connectivity index (χ0) is 11.5. The van der Waals surface area contributed by atoms with Gasteiger partial charge in [-0.15, -0.1) is 0 Å². The second kappa shape index (κ2) is 4.70. The summed E-state index contributed by atoms with van der Waals surface area (Å²) in [6, 6.07) is 5.84. The van der Waals surface area contributed by atoms with Gasteiger partial charge >= 0.3 is 5.97 Å². The second-order valence-electron chi connectivity index (χ2n) is 3.48. The van der Waals surface area contributed by atoms with Gasteiger partial charge in [-0.3, -0.25) is 4.79 Å². The molecular weight excluding hydrogens is 272 g/mol. The SMILES string of the molecule is CC(=O)OC[C@@H]1C=Cc2cccc(Br)c2O1. The molecule has 0 bridgehead atoms. The summed E-state index contributed by atoms with van der Waals surface area (Å²) >= 11 is 3.42. The smallest absolute Gasteiger partial charge is 0.302 e. The van der Waals surface area contributed by atoms with Crippen LogP contribution in [0, 0.1) is 0 Å². The Hall–Kier alpha value is -1.29. The van der Waals surface area contributed by atoms with Gasteiger partial charge in [0.15, 0.2) is 6.10 Å². The Morgan fingerprint density at radius 3 is 3.12 bits per heavy atom. The van der Waals surface area contributed by atoms with Gasteiger partial charge in [-0.25, -0.2) is 0 Å². The van der Waals surface area contributed by atoms with Crippen molar-refractivity contribution in [2.45, 2.75) is 13.0 Å². The fourth-order valence-electron chi connectivity index (χ4n) is 1.47. The molecule has 0 spiro atoms. The van der Waals surface area contributed by atoms with Gasteiger partial charge in [-0.2, -0.15) is 0 Å². The van der Waals surface area contributed by atoms with Crippen LogP contribution >= 0.6 is 15.9 Å². The van der Waals surface area contributed by atoms with E-state index in [4.69, 9.17) is 9.47 Å². The lowest BCUT2D eigenvalue weighted by atomic mass is 10.1. The molecular formula is C12H11BrO3. The monoisotopic (exact) mass is 282 g/mol. The van der Waals surface area contributed by atoms with Crippen molar-refractivity contribution in [2.75, 3.05) is 6.61 Å². The number of carbonyl (C=O) groups excluding carboxylic acids is 1. The topological polar surface area (TPSA) is 35.5 Å². The van der Waals surface area contributed by atoms with E-state index in [2.05, 4.69) is 15.9 Å². The molecule has 84 valence electrons. The Morgan fingerprint density at radius 2 is 2.38 bits per heavy atom. The molecule has 0 amide bonds. The van der Waals surface area contributed by atoms with Crippen molar-refractivity contribution in [1.82, 2.24) is 0 Å². The summed E-state index contributed by atoms with van der Waals surface area (Å²) < 4.78 is 11.5. The molecule has 1 atom stereocenters. The summed E-state index contributed by atoms with van der Waals surface area (Å²) in [5.41, 5.74) is 1.02. The van der Waals surface area contributed by atoms with E-state index in [9.17, 15) is 4.79 Å². The summed E-state index contributed by atoms with van der Waals surface area (Å²) in [6.07, 6.45) is 3.64. The van der Waals surface area contributed by atoms with Crippen LogP contribution in [0.1, 0.15) is 12.5 Å². The molecule has 0 saturated heterocycles. The van der Waals surface area contributed by atoms with Crippen LogP contribution in [-0.2, 0) is 9.53 Å². The number of fused-ring (bicyclic) bond motifs is 1. The minimum absolute atomic E-state index is 0.213. The molecule has 1 aliphatic heterocycles. The number of para-hydroxylation sites is 1. The molecule has 0 aliphatic carbocycles. The fourth-order valence-corrected chi connectivity index (χ4v) is 1.95. The average Bonchev–Trinajstić information content (AvgIpc) is 2.27. The standard InChI is InChI=1S/C12H11BrO3/c1-8(14)15-7-10-6-5-9-3-2-4-11(13)12(9)16-10/h2-6,10H,7H2,1H3/t10-/m0/s1. The van der Waals surface area contributed by atoms with E-state index in [1.54, 1.807) is 0 Å². The van der Waals surface area contributed by atoms with Gasteiger partial charge in [-0.05, 0) is 28.1 Å². The minimum atomic E-state index is -0.296. The predicted octanol–water partition coefficient (Wildman–Crippen LogP) is 2.79. The largest absolute Gasteiger partial charge is 0.481 e. The normalized spacial score (nSPS) is 17.5. The molecule has 1 aromatic rings. The van der Waals surface area contributed by atoms with Crippen molar-refractivity contribution in [1.29, 1.82) is 0 Å². The van der Waals surface area contributed by atoms with Crippen LogP contribution in [0.5, 0.6) is 5.75 Å². The molecule has 1 aliphatic rings. The van der Waals surface area contributed by atoms with Gasteiger partial charge in [0, 0.05) is 12.5 Å². The first-order valence-corrected chi connectivity index (χ1v) is 5.73. The zero-order valence-electron chi connectivity index (χ0n) is 8.77. The van der Waals surface area contributed by atoms with E-state index in [0.29, 0.717) is 0 Å². The molecule has 1 heterocycles. The maximum Gasteiger partial charge on any atom is 0.302 e. The van der Waals surface area contributed by atoms with Crippen molar-refractivity contribution in [3.8, 4) is 5.75 Å². The van der Waals surface area contributed by atoms with Gasteiger partial charge in [0.05, 0.1) is 4.47 Å². The predicted molar refractivity (Wildman–Crippen MR) is 64.2 cm³/mol. The summed E-state index contributed by atoms with van der Waals surface area (Å²) in [5.74, 6) is 0.497. The lowest BCUT2D eigenvalue weighted by Crippen LogP contribution is -2.24. The lowest BCUT2D eigenvalue weighted by molar-refractivity contribution is -0.142. The molecule has 0 unspecified atom stereocenters. The maximum absolute atomic E-state index is 10.7. The summed E-state index contributed by atoms with van der Waals surface area (Å²) in [6.45, 7) is 1.63. The van der Waals surface area contributed by atoms with Crippen molar-refractivity contribution < 1.29 is 14.3 Å². The first-order valence-electron chi connectivity index (χ1n) is 4.93. The zero-order valence-corrected chi connectivity index (χ0v) is 10.4. The van der Waals surface area contributed by atoms with Crippen LogP contribution in [0.2, 0.25) is 0 Å². The third kappa shape index (κ3) is 2.44. The van der Waals surface area contributed by atoms with Crippen LogP contribution in [-0.4, -0.2) is 18.7 Å². The number of halogens is 1. The van der Waals surface area contributed by atoms with E-state index in [-0.39, 0.29) is 18.7 Å². The van der Waals surface area contributed by atoms with Crippen LogP contribution in [0.25, 0.3) is 6.08 Å². The van der Waals surface area contributed by atoms with Crippen LogP contribution in [0.3, 0.4) is 0 Å². The lowest BCUT2D eigenvalue weighted by Gasteiger charge is -2.21. The van der Waals surface area contributed by atoms with E-state index in [0.717, 1.165) is 15.8 Å². The van der Waals surface area contributed by atoms with Crippen molar-refractivity contribution in [2.24, 2.45) is 0 Å². The Labute approximate surface area is 102 Å². The number of ether oxygens (including phenoxy) is 2. The first-order chi connectivity index (χ1) is 7.66. The number of esters is 1. The third-order valence-electron chi connectivity index (χ3n) is 2.21.